The predicted octanol–water partition coefficient (Wildman–Crippen LogP) is 2.63. The molecule has 1 aromatic heterocycles. The van der Waals surface area contributed by atoms with Crippen LogP contribution in [0.25, 0.3) is 0 Å². The fourth-order valence-corrected chi connectivity index (χ4v) is 2.54. The largest absolute Gasteiger partial charge is 0.465 e. The molecular weight excluding hydrogens is 268 g/mol. The number of esters is 1. The zero-order chi connectivity index (χ0) is 15.4. The summed E-state index contributed by atoms with van der Waals surface area (Å²) in [6.07, 6.45) is 5.41. The molecular formula is C16H24N2O3. The van der Waals surface area contributed by atoms with Crippen LogP contribution in [-0.2, 0) is 9.53 Å². The first-order chi connectivity index (χ1) is 10.0. The minimum atomic E-state index is -0.360. The Morgan fingerprint density at radius 2 is 2.14 bits per heavy atom. The van der Waals surface area contributed by atoms with Crippen LogP contribution in [0.3, 0.4) is 0 Å². The second kappa shape index (κ2) is 6.78. The van der Waals surface area contributed by atoms with E-state index in [1.54, 1.807) is 11.8 Å². The highest BCUT2D eigenvalue weighted by Crippen LogP contribution is 2.33. The van der Waals surface area contributed by atoms with Crippen molar-refractivity contribution in [2.24, 2.45) is 0 Å². The summed E-state index contributed by atoms with van der Waals surface area (Å²) in [5.74, 6) is -0.462. The maximum atomic E-state index is 12.7. The van der Waals surface area contributed by atoms with Crippen molar-refractivity contribution in [1.29, 1.82) is 0 Å². The third-order valence-corrected chi connectivity index (χ3v) is 3.96. The van der Waals surface area contributed by atoms with Gasteiger partial charge in [0.15, 0.2) is 0 Å². The van der Waals surface area contributed by atoms with Crippen molar-refractivity contribution < 1.29 is 14.3 Å². The molecule has 1 aromatic rings. The number of rotatable bonds is 6. The third-order valence-electron chi connectivity index (χ3n) is 3.96. The third kappa shape index (κ3) is 3.46. The predicted molar refractivity (Wildman–Crippen MR) is 80.1 cm³/mol. The Bertz CT molecular complexity index is 503. The summed E-state index contributed by atoms with van der Waals surface area (Å²) in [4.78, 5) is 26.0. The maximum Gasteiger partial charge on any atom is 0.325 e. The fraction of sp³-hybridized carbons (Fsp3) is 0.625. The van der Waals surface area contributed by atoms with Gasteiger partial charge in [0.25, 0.3) is 5.91 Å². The molecule has 0 spiro atoms. The van der Waals surface area contributed by atoms with Gasteiger partial charge in [0.05, 0.1) is 6.61 Å². The van der Waals surface area contributed by atoms with Crippen molar-refractivity contribution in [3.63, 3.8) is 0 Å². The van der Waals surface area contributed by atoms with Crippen molar-refractivity contribution in [2.75, 3.05) is 13.2 Å². The summed E-state index contributed by atoms with van der Waals surface area (Å²) >= 11 is 0. The molecule has 0 bridgehead atoms. The highest BCUT2D eigenvalue weighted by Gasteiger charge is 2.28. The molecule has 1 saturated carbocycles. The molecule has 0 atom stereocenters. The summed E-state index contributed by atoms with van der Waals surface area (Å²) in [5.41, 5.74) is 0.665. The molecule has 0 unspecified atom stereocenters. The first kappa shape index (κ1) is 15.6. The number of hydrogen-bond acceptors (Lipinski definition) is 3. The van der Waals surface area contributed by atoms with Gasteiger partial charge in [0, 0.05) is 18.3 Å². The van der Waals surface area contributed by atoms with Crippen LogP contribution in [0.1, 0.15) is 56.6 Å². The Morgan fingerprint density at radius 1 is 1.43 bits per heavy atom. The van der Waals surface area contributed by atoms with Gasteiger partial charge in [-0.25, -0.2) is 0 Å². The monoisotopic (exact) mass is 292 g/mol. The van der Waals surface area contributed by atoms with Crippen LogP contribution in [0, 0.1) is 0 Å². The molecule has 1 heterocycles. The number of amides is 1. The van der Waals surface area contributed by atoms with Crippen LogP contribution in [-0.4, -0.2) is 40.5 Å². The zero-order valence-electron chi connectivity index (χ0n) is 13.0. The molecule has 1 aliphatic rings. The lowest BCUT2D eigenvalue weighted by Crippen LogP contribution is -2.42. The maximum absolute atomic E-state index is 12.7. The minimum absolute atomic E-state index is 0.000185. The molecule has 21 heavy (non-hydrogen) atoms. The van der Waals surface area contributed by atoms with Crippen LogP contribution in [0.4, 0.5) is 0 Å². The van der Waals surface area contributed by atoms with Gasteiger partial charge in [-0.15, -0.1) is 0 Å². The lowest BCUT2D eigenvalue weighted by atomic mass is 9.93. The van der Waals surface area contributed by atoms with Crippen LogP contribution < -0.4 is 0 Å². The Morgan fingerprint density at radius 3 is 2.67 bits per heavy atom. The van der Waals surface area contributed by atoms with E-state index in [4.69, 9.17) is 4.74 Å². The number of nitrogens with zero attached hydrogens (tertiary/aromatic N) is 2. The molecule has 0 radical (unpaired) electrons. The first-order valence-electron chi connectivity index (χ1n) is 7.68. The molecule has 5 heteroatoms. The van der Waals surface area contributed by atoms with Gasteiger partial charge in [-0.2, -0.15) is 0 Å². The van der Waals surface area contributed by atoms with E-state index in [2.05, 4.69) is 0 Å². The first-order valence-corrected chi connectivity index (χ1v) is 7.68. The van der Waals surface area contributed by atoms with E-state index in [9.17, 15) is 9.59 Å². The summed E-state index contributed by atoms with van der Waals surface area (Å²) in [5, 5.41) is 0. The van der Waals surface area contributed by atoms with E-state index in [1.807, 2.05) is 36.7 Å². The van der Waals surface area contributed by atoms with Crippen LogP contribution in [0.5, 0.6) is 0 Å². The minimum Gasteiger partial charge on any atom is -0.465 e. The van der Waals surface area contributed by atoms with E-state index < -0.39 is 0 Å². The highest BCUT2D eigenvalue weighted by atomic mass is 16.5. The van der Waals surface area contributed by atoms with Crippen LogP contribution in [0.15, 0.2) is 18.3 Å². The van der Waals surface area contributed by atoms with Gasteiger partial charge in [-0.3, -0.25) is 9.59 Å². The molecule has 1 amide bonds. The molecule has 2 rings (SSSR count). The fourth-order valence-electron chi connectivity index (χ4n) is 2.54. The summed E-state index contributed by atoms with van der Waals surface area (Å²) in [7, 11) is 0. The van der Waals surface area contributed by atoms with Crippen molar-refractivity contribution in [1.82, 2.24) is 9.47 Å². The summed E-state index contributed by atoms with van der Waals surface area (Å²) < 4.78 is 7.01. The number of aromatic nitrogens is 1. The SMILES string of the molecule is CCOC(=O)CN(C(=O)c1cccn1C1CCC1)C(C)C. The second-order valence-corrected chi connectivity index (χ2v) is 5.72. The summed E-state index contributed by atoms with van der Waals surface area (Å²) in [6, 6.07) is 4.11. The van der Waals surface area contributed by atoms with Crippen molar-refractivity contribution in [3.05, 3.63) is 24.0 Å². The van der Waals surface area contributed by atoms with E-state index in [0.717, 1.165) is 12.8 Å². The smallest absolute Gasteiger partial charge is 0.325 e. The molecule has 0 N–H and O–H groups in total. The molecule has 0 aliphatic heterocycles. The molecule has 0 saturated heterocycles. The van der Waals surface area contributed by atoms with E-state index in [-0.39, 0.29) is 24.5 Å². The number of carbonyl (C=O) groups excluding carboxylic acids is 2. The topological polar surface area (TPSA) is 51.5 Å². The average Bonchev–Trinajstić information content (AvgIpc) is 2.82. The number of hydrogen-bond donors (Lipinski definition) is 0. The van der Waals surface area contributed by atoms with E-state index in [0.29, 0.717) is 18.3 Å². The van der Waals surface area contributed by atoms with Crippen molar-refractivity contribution >= 4 is 11.9 Å². The van der Waals surface area contributed by atoms with Crippen LogP contribution >= 0.6 is 0 Å². The molecule has 5 nitrogen and oxygen atoms in total. The molecule has 0 aromatic carbocycles. The van der Waals surface area contributed by atoms with Gasteiger partial charge in [-0.1, -0.05) is 0 Å². The normalized spacial score (nSPS) is 14.9. The zero-order valence-corrected chi connectivity index (χ0v) is 13.0. The standard InChI is InChI=1S/C16H24N2O3/c1-4-21-15(19)11-18(12(2)3)16(20)14-9-6-10-17(14)13-7-5-8-13/h6,9-10,12-13H,4-5,7-8,11H2,1-3H3. The van der Waals surface area contributed by atoms with Gasteiger partial charge < -0.3 is 14.2 Å². The second-order valence-electron chi connectivity index (χ2n) is 5.72. The molecule has 116 valence electrons. The average molecular weight is 292 g/mol. The van der Waals surface area contributed by atoms with Gasteiger partial charge in [-0.05, 0) is 52.2 Å². The van der Waals surface area contributed by atoms with E-state index in [1.165, 1.54) is 6.42 Å². The van der Waals surface area contributed by atoms with Crippen molar-refractivity contribution in [2.45, 2.75) is 52.1 Å². The van der Waals surface area contributed by atoms with E-state index >= 15 is 0 Å². The lowest BCUT2D eigenvalue weighted by molar-refractivity contribution is -0.144. The summed E-state index contributed by atoms with van der Waals surface area (Å²) in [6.45, 7) is 5.92. The van der Waals surface area contributed by atoms with Crippen molar-refractivity contribution in [3.8, 4) is 0 Å². The van der Waals surface area contributed by atoms with Crippen LogP contribution in [0.2, 0.25) is 0 Å². The highest BCUT2D eigenvalue weighted by molar-refractivity contribution is 5.95. The molecule has 1 fully saturated rings. The Hall–Kier alpha value is -1.78. The van der Waals surface area contributed by atoms with Gasteiger partial charge in [0.1, 0.15) is 12.2 Å². The van der Waals surface area contributed by atoms with Gasteiger partial charge >= 0.3 is 5.97 Å². The quantitative estimate of drug-likeness (QED) is 0.757. The number of ether oxygens (including phenoxy) is 1. The van der Waals surface area contributed by atoms with Gasteiger partial charge in [0.2, 0.25) is 0 Å². The Balaban J connectivity index is 2.14. The Labute approximate surface area is 125 Å². The Kier molecular flexibility index (Phi) is 5.04. The molecule has 1 aliphatic carbocycles. The number of carbonyl (C=O) groups is 2. The lowest BCUT2D eigenvalue weighted by Gasteiger charge is -2.31.